The predicted molar refractivity (Wildman–Crippen MR) is 97.4 cm³/mol. The van der Waals surface area contributed by atoms with Crippen LogP contribution in [-0.4, -0.2) is 18.2 Å². The van der Waals surface area contributed by atoms with Gasteiger partial charge in [0.25, 0.3) is 0 Å². The number of phenols is 1. The molecule has 3 aliphatic rings. The van der Waals surface area contributed by atoms with Crippen LogP contribution in [0, 0.1) is 29.1 Å². The van der Waals surface area contributed by atoms with Crippen LogP contribution in [0.1, 0.15) is 63.0 Å². The third-order valence-electron chi connectivity index (χ3n) is 7.96. The van der Waals surface area contributed by atoms with Gasteiger partial charge >= 0.3 is 5.97 Å². The summed E-state index contributed by atoms with van der Waals surface area (Å²) in [6.07, 6.45) is 7.11. The minimum Gasteiger partial charge on any atom is -0.508 e. The summed E-state index contributed by atoms with van der Waals surface area (Å²) in [5, 5.41) is 9.80. The summed E-state index contributed by atoms with van der Waals surface area (Å²) in [5.41, 5.74) is 3.09. The fourth-order valence-corrected chi connectivity index (χ4v) is 6.78. The van der Waals surface area contributed by atoms with Crippen molar-refractivity contribution < 1.29 is 14.6 Å². The molecule has 1 aromatic rings. The van der Waals surface area contributed by atoms with Gasteiger partial charge in [-0.2, -0.15) is 0 Å². The van der Waals surface area contributed by atoms with Crippen molar-refractivity contribution >= 4 is 5.97 Å². The molecule has 136 valence electrons. The molecule has 0 amide bonds. The lowest BCUT2D eigenvalue weighted by molar-refractivity contribution is -0.149. The van der Waals surface area contributed by atoms with E-state index < -0.39 is 0 Å². The Labute approximate surface area is 150 Å². The Hall–Kier alpha value is -1.51. The molecule has 3 heteroatoms. The summed E-state index contributed by atoms with van der Waals surface area (Å²) in [7, 11) is 1.51. The maximum atomic E-state index is 12.1. The zero-order valence-electron chi connectivity index (χ0n) is 15.6. The molecule has 2 unspecified atom stereocenters. The van der Waals surface area contributed by atoms with Crippen LogP contribution in [0.4, 0.5) is 0 Å². The molecular formula is C22H30O3. The van der Waals surface area contributed by atoms with E-state index in [-0.39, 0.29) is 17.3 Å². The fraction of sp³-hybridized carbons (Fsp3) is 0.682. The molecule has 1 N–H and O–H groups in total. The average Bonchev–Trinajstić information content (AvgIpc) is 2.97. The van der Waals surface area contributed by atoms with Crippen LogP contribution in [0.25, 0.3) is 0 Å². The van der Waals surface area contributed by atoms with Gasteiger partial charge in [0.15, 0.2) is 0 Å². The number of esters is 1. The van der Waals surface area contributed by atoms with Crippen LogP contribution in [0.15, 0.2) is 18.2 Å². The summed E-state index contributed by atoms with van der Waals surface area (Å²) in [4.78, 5) is 12.1. The van der Waals surface area contributed by atoms with Crippen molar-refractivity contribution in [3.63, 3.8) is 0 Å². The molecule has 0 aliphatic heterocycles. The smallest absolute Gasteiger partial charge is 0.308 e. The summed E-state index contributed by atoms with van der Waals surface area (Å²) >= 11 is 0. The van der Waals surface area contributed by atoms with Crippen LogP contribution in [0.2, 0.25) is 0 Å². The van der Waals surface area contributed by atoms with Crippen molar-refractivity contribution in [2.45, 2.75) is 58.3 Å². The molecule has 25 heavy (non-hydrogen) atoms. The van der Waals surface area contributed by atoms with Crippen LogP contribution in [0.3, 0.4) is 0 Å². The van der Waals surface area contributed by atoms with Crippen molar-refractivity contribution in [3.8, 4) is 5.75 Å². The van der Waals surface area contributed by atoms with E-state index in [9.17, 15) is 9.90 Å². The fourth-order valence-electron chi connectivity index (χ4n) is 6.78. The van der Waals surface area contributed by atoms with Crippen LogP contribution >= 0.6 is 0 Å². The molecule has 3 aliphatic carbocycles. The molecule has 1 aromatic carbocycles. The van der Waals surface area contributed by atoms with E-state index in [1.165, 1.54) is 43.9 Å². The van der Waals surface area contributed by atoms with Crippen molar-refractivity contribution in [1.82, 2.24) is 0 Å². The first-order chi connectivity index (χ1) is 12.0. The summed E-state index contributed by atoms with van der Waals surface area (Å²) < 4.78 is 5.05. The van der Waals surface area contributed by atoms with E-state index in [0.29, 0.717) is 23.5 Å². The largest absolute Gasteiger partial charge is 0.508 e. The van der Waals surface area contributed by atoms with E-state index >= 15 is 0 Å². The second-order valence-corrected chi connectivity index (χ2v) is 8.84. The van der Waals surface area contributed by atoms with E-state index in [4.69, 9.17) is 4.74 Å². The molecule has 6 atom stereocenters. The van der Waals surface area contributed by atoms with E-state index in [0.717, 1.165) is 18.8 Å². The van der Waals surface area contributed by atoms with Gasteiger partial charge in [0.05, 0.1) is 13.0 Å². The number of rotatable bonds is 2. The predicted octanol–water partition coefficient (Wildman–Crippen LogP) is 4.67. The first kappa shape index (κ1) is 16.9. The number of hydrogen-bond acceptors (Lipinski definition) is 3. The Bertz CT molecular complexity index is 682. The number of ether oxygens (including phenoxy) is 1. The highest BCUT2D eigenvalue weighted by Gasteiger charge is 2.56. The SMILES string of the molecule is COC(=O)C(C)C1CC[C@H]2[C@@H]3CCc4cc(O)ccc4[C@H]3CC[C@]12C. The first-order valence-electron chi connectivity index (χ1n) is 9.85. The summed E-state index contributed by atoms with van der Waals surface area (Å²) in [6, 6.07) is 5.98. The minimum absolute atomic E-state index is 0.00405. The Morgan fingerprint density at radius 2 is 2.08 bits per heavy atom. The van der Waals surface area contributed by atoms with Gasteiger partial charge < -0.3 is 9.84 Å². The van der Waals surface area contributed by atoms with Gasteiger partial charge in [0, 0.05) is 0 Å². The van der Waals surface area contributed by atoms with Gasteiger partial charge in [-0.05, 0) is 90.9 Å². The van der Waals surface area contributed by atoms with E-state index in [1.807, 2.05) is 12.1 Å². The highest BCUT2D eigenvalue weighted by Crippen LogP contribution is 2.64. The van der Waals surface area contributed by atoms with Gasteiger partial charge in [-0.3, -0.25) is 4.79 Å². The van der Waals surface area contributed by atoms with Gasteiger partial charge in [-0.15, -0.1) is 0 Å². The standard InChI is InChI=1S/C22H30O3/c1-13(21(24)25-3)19-8-9-20-18-6-4-14-12-15(23)5-7-16(14)17(18)10-11-22(19,20)2/h5,7,12-13,17-20,23H,4,6,8-11H2,1-3H3/t13?,17-,18-,19?,20+,22-/m1/s1. The van der Waals surface area contributed by atoms with E-state index in [2.05, 4.69) is 19.9 Å². The van der Waals surface area contributed by atoms with Gasteiger partial charge in [-0.1, -0.05) is 19.9 Å². The molecule has 3 nitrogen and oxygen atoms in total. The second kappa shape index (κ2) is 6.03. The number of methoxy groups -OCH3 is 1. The molecule has 0 saturated heterocycles. The van der Waals surface area contributed by atoms with E-state index in [1.54, 1.807) is 0 Å². The lowest BCUT2D eigenvalue weighted by Gasteiger charge is -2.51. The maximum Gasteiger partial charge on any atom is 0.308 e. The van der Waals surface area contributed by atoms with Crippen LogP contribution in [-0.2, 0) is 16.0 Å². The number of phenolic OH excluding ortho intramolecular Hbond substituents is 1. The highest BCUT2D eigenvalue weighted by molar-refractivity contribution is 5.72. The molecule has 0 heterocycles. The zero-order valence-corrected chi connectivity index (χ0v) is 15.6. The molecule has 4 rings (SSSR count). The number of benzene rings is 1. The average molecular weight is 342 g/mol. The normalized spacial score (nSPS) is 37.6. The number of carbonyl (C=O) groups is 1. The molecule has 2 saturated carbocycles. The highest BCUT2D eigenvalue weighted by atomic mass is 16.5. The third kappa shape index (κ3) is 2.50. The zero-order chi connectivity index (χ0) is 17.8. The van der Waals surface area contributed by atoms with Crippen LogP contribution < -0.4 is 0 Å². The van der Waals surface area contributed by atoms with Crippen molar-refractivity contribution in [2.24, 2.45) is 29.1 Å². The van der Waals surface area contributed by atoms with Gasteiger partial charge in [-0.25, -0.2) is 0 Å². The molecule has 0 bridgehead atoms. The summed E-state index contributed by atoms with van der Waals surface area (Å²) in [5.74, 6) is 2.88. The van der Waals surface area contributed by atoms with Gasteiger partial charge in [0.1, 0.15) is 5.75 Å². The van der Waals surface area contributed by atoms with Crippen LogP contribution in [0.5, 0.6) is 5.75 Å². The Kier molecular flexibility index (Phi) is 4.09. The first-order valence-corrected chi connectivity index (χ1v) is 9.85. The van der Waals surface area contributed by atoms with Crippen molar-refractivity contribution in [3.05, 3.63) is 29.3 Å². The monoisotopic (exact) mass is 342 g/mol. The Balaban J connectivity index is 1.62. The van der Waals surface area contributed by atoms with Crippen molar-refractivity contribution in [1.29, 1.82) is 0 Å². The molecule has 0 spiro atoms. The lowest BCUT2D eigenvalue weighted by Crippen LogP contribution is -2.44. The number of aryl methyl sites for hydroxylation is 1. The van der Waals surface area contributed by atoms with Crippen molar-refractivity contribution in [2.75, 3.05) is 7.11 Å². The number of carbonyl (C=O) groups excluding carboxylic acids is 1. The topological polar surface area (TPSA) is 46.5 Å². The summed E-state index contributed by atoms with van der Waals surface area (Å²) in [6.45, 7) is 4.51. The molecule has 0 radical (unpaired) electrons. The maximum absolute atomic E-state index is 12.1. The number of fused-ring (bicyclic) bond motifs is 5. The lowest BCUT2D eigenvalue weighted by atomic mass is 9.53. The third-order valence-corrected chi connectivity index (χ3v) is 7.96. The molecule has 2 fully saturated rings. The number of aromatic hydroxyl groups is 1. The number of hydrogen-bond donors (Lipinski definition) is 1. The molecular weight excluding hydrogens is 312 g/mol. The minimum atomic E-state index is -0.0431. The Morgan fingerprint density at radius 3 is 2.84 bits per heavy atom. The quantitative estimate of drug-likeness (QED) is 0.794. The molecule has 0 aromatic heterocycles. The second-order valence-electron chi connectivity index (χ2n) is 8.84. The Morgan fingerprint density at radius 1 is 1.28 bits per heavy atom. The van der Waals surface area contributed by atoms with Gasteiger partial charge in [0.2, 0.25) is 0 Å².